The summed E-state index contributed by atoms with van der Waals surface area (Å²) in [5.74, 6) is 1.38. The fourth-order valence-electron chi connectivity index (χ4n) is 1.99. The first-order valence-electron chi connectivity index (χ1n) is 5.81. The van der Waals surface area contributed by atoms with Crippen molar-refractivity contribution in [3.05, 3.63) is 22.2 Å². The molecule has 1 aromatic carbocycles. The Kier molecular flexibility index (Phi) is 3.20. The lowest BCUT2D eigenvalue weighted by Crippen LogP contribution is -2.10. The van der Waals surface area contributed by atoms with Crippen molar-refractivity contribution in [2.45, 2.75) is 24.2 Å². The molecule has 0 spiro atoms. The Bertz CT molecular complexity index is 537. The highest BCUT2D eigenvalue weighted by molar-refractivity contribution is 9.10. The van der Waals surface area contributed by atoms with Gasteiger partial charge >= 0.3 is 0 Å². The third-order valence-corrected chi connectivity index (χ3v) is 4.69. The van der Waals surface area contributed by atoms with Crippen LogP contribution in [0.2, 0.25) is 0 Å². The molecule has 18 heavy (non-hydrogen) atoms. The van der Waals surface area contributed by atoms with E-state index in [1.54, 1.807) is 12.1 Å². The first-order valence-corrected chi connectivity index (χ1v) is 7.58. The SMILES string of the molecule is O=C(CC(=O)C1CC1)c1ccc(Br)c2c1SCO2. The highest BCUT2D eigenvalue weighted by atomic mass is 79.9. The van der Waals surface area contributed by atoms with Gasteiger partial charge in [-0.25, -0.2) is 0 Å². The normalized spacial score (nSPS) is 17.2. The largest absolute Gasteiger partial charge is 0.480 e. The fraction of sp³-hybridized carbons (Fsp3) is 0.385. The number of fused-ring (bicyclic) bond motifs is 1. The van der Waals surface area contributed by atoms with Crippen LogP contribution < -0.4 is 4.74 Å². The maximum Gasteiger partial charge on any atom is 0.171 e. The summed E-state index contributed by atoms with van der Waals surface area (Å²) in [7, 11) is 0. The average Bonchev–Trinajstić information content (AvgIpc) is 3.08. The van der Waals surface area contributed by atoms with Gasteiger partial charge in [0.1, 0.15) is 17.5 Å². The van der Waals surface area contributed by atoms with Gasteiger partial charge in [0, 0.05) is 11.5 Å². The Labute approximate surface area is 117 Å². The summed E-state index contributed by atoms with van der Waals surface area (Å²) in [5, 5.41) is 0. The minimum atomic E-state index is -0.0892. The molecule has 0 atom stereocenters. The van der Waals surface area contributed by atoms with Crippen molar-refractivity contribution in [2.75, 3.05) is 5.94 Å². The van der Waals surface area contributed by atoms with Crippen molar-refractivity contribution < 1.29 is 14.3 Å². The Morgan fingerprint density at radius 3 is 2.89 bits per heavy atom. The molecule has 3 rings (SSSR count). The molecule has 0 saturated heterocycles. The number of benzene rings is 1. The van der Waals surface area contributed by atoms with E-state index < -0.39 is 0 Å². The second-order valence-corrected chi connectivity index (χ2v) is 6.29. The summed E-state index contributed by atoms with van der Waals surface area (Å²) in [6.45, 7) is 0. The number of ketones is 2. The second-order valence-electron chi connectivity index (χ2n) is 4.50. The van der Waals surface area contributed by atoms with Crippen LogP contribution in [-0.2, 0) is 4.79 Å². The Balaban J connectivity index is 1.85. The Hall–Kier alpha value is -0.810. The van der Waals surface area contributed by atoms with Gasteiger partial charge < -0.3 is 4.74 Å². The zero-order valence-electron chi connectivity index (χ0n) is 9.57. The third kappa shape index (κ3) is 2.21. The van der Waals surface area contributed by atoms with E-state index in [0.29, 0.717) is 11.5 Å². The zero-order valence-corrected chi connectivity index (χ0v) is 12.0. The van der Waals surface area contributed by atoms with Crippen LogP contribution >= 0.6 is 27.7 Å². The van der Waals surface area contributed by atoms with Crippen molar-refractivity contribution in [2.24, 2.45) is 5.92 Å². The summed E-state index contributed by atoms with van der Waals surface area (Å²) in [6.07, 6.45) is 1.92. The number of halogens is 1. The number of carbonyl (C=O) groups excluding carboxylic acids is 2. The highest BCUT2D eigenvalue weighted by Gasteiger charge is 2.32. The summed E-state index contributed by atoms with van der Waals surface area (Å²) in [4.78, 5) is 24.7. The molecule has 0 amide bonds. The Morgan fingerprint density at radius 2 is 2.17 bits per heavy atom. The summed E-state index contributed by atoms with van der Waals surface area (Å²) in [6, 6.07) is 3.58. The zero-order chi connectivity index (χ0) is 12.7. The van der Waals surface area contributed by atoms with Crippen LogP contribution in [-0.4, -0.2) is 17.5 Å². The number of carbonyl (C=O) groups is 2. The van der Waals surface area contributed by atoms with Crippen molar-refractivity contribution in [3.63, 3.8) is 0 Å². The molecule has 0 aromatic heterocycles. The van der Waals surface area contributed by atoms with Gasteiger partial charge in [-0.1, -0.05) is 11.8 Å². The van der Waals surface area contributed by atoms with E-state index >= 15 is 0 Å². The van der Waals surface area contributed by atoms with Crippen LogP contribution in [0.5, 0.6) is 5.75 Å². The predicted octanol–water partition coefficient (Wildman–Crippen LogP) is 3.44. The van der Waals surface area contributed by atoms with Gasteiger partial charge in [0.15, 0.2) is 5.78 Å². The summed E-state index contributed by atoms with van der Waals surface area (Å²) < 4.78 is 6.32. The van der Waals surface area contributed by atoms with Gasteiger partial charge in [-0.3, -0.25) is 9.59 Å². The number of hydrogen-bond donors (Lipinski definition) is 0. The molecule has 0 unspecified atom stereocenters. The molecular weight excluding hydrogens is 316 g/mol. The van der Waals surface area contributed by atoms with Crippen LogP contribution in [0.25, 0.3) is 0 Å². The van der Waals surface area contributed by atoms with Crippen LogP contribution in [0.3, 0.4) is 0 Å². The monoisotopic (exact) mass is 326 g/mol. The van der Waals surface area contributed by atoms with Gasteiger partial charge in [0.2, 0.25) is 0 Å². The lowest BCUT2D eigenvalue weighted by Gasteiger charge is -2.06. The number of rotatable bonds is 4. The lowest BCUT2D eigenvalue weighted by atomic mass is 10.0. The molecular formula is C13H11BrO3S. The maximum absolute atomic E-state index is 12.2. The molecule has 2 aliphatic rings. The molecule has 1 aliphatic heterocycles. The van der Waals surface area contributed by atoms with Crippen LogP contribution in [0.4, 0.5) is 0 Å². The van der Waals surface area contributed by atoms with E-state index in [1.165, 1.54) is 11.8 Å². The smallest absolute Gasteiger partial charge is 0.171 e. The standard InChI is InChI=1S/C13H11BrO3S/c14-9-4-3-8(13-12(9)17-6-18-13)11(16)5-10(15)7-1-2-7/h3-4,7H,1-2,5-6H2. The van der Waals surface area contributed by atoms with E-state index in [1.807, 2.05) is 0 Å². The first kappa shape index (κ1) is 12.2. The molecule has 1 fully saturated rings. The number of Topliss-reactive ketones (excluding diaryl/α,β-unsaturated/α-hetero) is 2. The predicted molar refractivity (Wildman–Crippen MR) is 72.2 cm³/mol. The topological polar surface area (TPSA) is 43.4 Å². The van der Waals surface area contributed by atoms with Crippen molar-refractivity contribution in [1.29, 1.82) is 0 Å². The first-order chi connectivity index (χ1) is 8.66. The quantitative estimate of drug-likeness (QED) is 0.628. The maximum atomic E-state index is 12.2. The van der Waals surface area contributed by atoms with Crippen molar-refractivity contribution in [1.82, 2.24) is 0 Å². The van der Waals surface area contributed by atoms with E-state index in [0.717, 1.165) is 28.0 Å². The van der Waals surface area contributed by atoms with Gasteiger partial charge in [0.05, 0.1) is 15.8 Å². The third-order valence-electron chi connectivity index (χ3n) is 3.14. The van der Waals surface area contributed by atoms with Gasteiger partial charge in [-0.15, -0.1) is 0 Å². The molecule has 94 valence electrons. The molecule has 1 aromatic rings. The average molecular weight is 327 g/mol. The van der Waals surface area contributed by atoms with Crippen LogP contribution in [0.1, 0.15) is 29.6 Å². The number of hydrogen-bond acceptors (Lipinski definition) is 4. The summed E-state index contributed by atoms with van der Waals surface area (Å²) >= 11 is 4.90. The fourth-order valence-corrected chi connectivity index (χ4v) is 3.49. The molecule has 5 heteroatoms. The van der Waals surface area contributed by atoms with Gasteiger partial charge in [-0.2, -0.15) is 0 Å². The molecule has 1 saturated carbocycles. The minimum absolute atomic E-state index is 0.0271. The molecule has 3 nitrogen and oxygen atoms in total. The van der Waals surface area contributed by atoms with Crippen molar-refractivity contribution >= 4 is 39.3 Å². The summed E-state index contributed by atoms with van der Waals surface area (Å²) in [5.41, 5.74) is 0.615. The number of thioether (sulfide) groups is 1. The lowest BCUT2D eigenvalue weighted by molar-refractivity contribution is -0.119. The molecule has 1 aliphatic carbocycles. The van der Waals surface area contributed by atoms with E-state index in [-0.39, 0.29) is 23.9 Å². The van der Waals surface area contributed by atoms with E-state index in [9.17, 15) is 9.59 Å². The molecule has 1 heterocycles. The van der Waals surface area contributed by atoms with Crippen molar-refractivity contribution in [3.8, 4) is 5.75 Å². The van der Waals surface area contributed by atoms with Gasteiger partial charge in [-0.05, 0) is 40.9 Å². The Morgan fingerprint density at radius 1 is 1.39 bits per heavy atom. The second kappa shape index (κ2) is 4.70. The molecule has 0 radical (unpaired) electrons. The highest BCUT2D eigenvalue weighted by Crippen LogP contribution is 2.44. The number of ether oxygens (including phenoxy) is 1. The van der Waals surface area contributed by atoms with E-state index in [4.69, 9.17) is 4.74 Å². The van der Waals surface area contributed by atoms with E-state index in [2.05, 4.69) is 15.9 Å². The molecule has 0 bridgehead atoms. The minimum Gasteiger partial charge on any atom is -0.480 e. The molecule has 0 N–H and O–H groups in total. The van der Waals surface area contributed by atoms with Gasteiger partial charge in [0.25, 0.3) is 0 Å². The van der Waals surface area contributed by atoms with Crippen LogP contribution in [0.15, 0.2) is 21.5 Å². The van der Waals surface area contributed by atoms with Crippen LogP contribution in [0, 0.1) is 5.92 Å².